The number of ether oxygens (including phenoxy) is 1. The summed E-state index contributed by atoms with van der Waals surface area (Å²) in [4.78, 5) is 7.84. The number of hydrogen-bond acceptors (Lipinski definition) is 3. The fraction of sp³-hybridized carbons (Fsp3) is 0.536. The second kappa shape index (κ2) is 10.5. The molecule has 172 valence electrons. The molecule has 0 radical (unpaired) electrons. The second-order valence-electron chi connectivity index (χ2n) is 9.66. The van der Waals surface area contributed by atoms with Crippen molar-refractivity contribution in [3.05, 3.63) is 53.9 Å². The number of benzene rings is 2. The van der Waals surface area contributed by atoms with E-state index in [0.717, 1.165) is 23.5 Å². The van der Waals surface area contributed by atoms with Gasteiger partial charge in [-0.1, -0.05) is 46.1 Å². The summed E-state index contributed by atoms with van der Waals surface area (Å²) in [5, 5.41) is 0. The number of likely N-dealkylation sites (tertiary alicyclic amines) is 1. The molecule has 1 aliphatic heterocycles. The standard InChI is InChI=1S/C28H39N3O/c1-5-6-7-10-25(21(2)3)28-29-26-19-22(20-30-17-8-9-18-30)11-16-27(26)31(28)23-12-14-24(32-4)15-13-23/h11-16,19,21,25H,5-10,17-18,20H2,1-4H3. The maximum atomic E-state index is 5.40. The first kappa shape index (κ1) is 22.8. The van der Waals surface area contributed by atoms with Gasteiger partial charge in [0.1, 0.15) is 11.6 Å². The van der Waals surface area contributed by atoms with Crippen LogP contribution in [0.5, 0.6) is 5.75 Å². The van der Waals surface area contributed by atoms with Crippen molar-refractivity contribution in [3.63, 3.8) is 0 Å². The molecule has 1 aliphatic rings. The normalized spacial score (nSPS) is 15.7. The lowest BCUT2D eigenvalue weighted by atomic mass is 9.89. The number of nitrogens with zero attached hydrogens (tertiary/aromatic N) is 3. The summed E-state index contributed by atoms with van der Waals surface area (Å²) < 4.78 is 7.80. The fourth-order valence-corrected chi connectivity index (χ4v) is 5.07. The molecule has 0 saturated carbocycles. The van der Waals surface area contributed by atoms with E-state index in [1.54, 1.807) is 7.11 Å². The van der Waals surface area contributed by atoms with Crippen LogP contribution in [0.3, 0.4) is 0 Å². The SMILES string of the molecule is CCCCCC(c1nc2cc(CN3CCCC3)ccc2n1-c1ccc(OC)cc1)C(C)C. The van der Waals surface area contributed by atoms with E-state index in [1.165, 1.54) is 68.5 Å². The third-order valence-corrected chi connectivity index (χ3v) is 6.94. The Labute approximate surface area is 193 Å². The number of rotatable bonds is 10. The van der Waals surface area contributed by atoms with E-state index >= 15 is 0 Å². The topological polar surface area (TPSA) is 30.3 Å². The minimum Gasteiger partial charge on any atom is -0.497 e. The van der Waals surface area contributed by atoms with Crippen molar-refractivity contribution in [2.45, 2.75) is 71.8 Å². The van der Waals surface area contributed by atoms with Gasteiger partial charge >= 0.3 is 0 Å². The molecule has 0 bridgehead atoms. The molecule has 1 fully saturated rings. The monoisotopic (exact) mass is 433 g/mol. The lowest BCUT2D eigenvalue weighted by molar-refractivity contribution is 0.331. The Hall–Kier alpha value is -2.33. The van der Waals surface area contributed by atoms with Crippen LogP contribution in [0.1, 0.15) is 76.6 Å². The molecule has 1 aromatic heterocycles. The Balaban J connectivity index is 1.77. The molecule has 1 saturated heterocycles. The van der Waals surface area contributed by atoms with Crippen molar-refractivity contribution < 1.29 is 4.74 Å². The average Bonchev–Trinajstić information content (AvgIpc) is 3.44. The molecule has 4 nitrogen and oxygen atoms in total. The summed E-state index contributed by atoms with van der Waals surface area (Å²) >= 11 is 0. The number of aromatic nitrogens is 2. The molecule has 1 unspecified atom stereocenters. The Kier molecular flexibility index (Phi) is 7.51. The largest absolute Gasteiger partial charge is 0.497 e. The first-order chi connectivity index (χ1) is 15.6. The highest BCUT2D eigenvalue weighted by molar-refractivity contribution is 5.79. The van der Waals surface area contributed by atoms with Crippen LogP contribution in [0.25, 0.3) is 16.7 Å². The predicted molar refractivity (Wildman–Crippen MR) is 134 cm³/mol. The Morgan fingerprint density at radius 2 is 1.75 bits per heavy atom. The van der Waals surface area contributed by atoms with Gasteiger partial charge in [-0.3, -0.25) is 9.47 Å². The van der Waals surface area contributed by atoms with Crippen LogP contribution >= 0.6 is 0 Å². The molecule has 32 heavy (non-hydrogen) atoms. The third kappa shape index (κ3) is 5.01. The Morgan fingerprint density at radius 1 is 1.00 bits per heavy atom. The molecule has 2 aromatic carbocycles. The first-order valence-corrected chi connectivity index (χ1v) is 12.5. The van der Waals surface area contributed by atoms with Crippen LogP contribution in [0.15, 0.2) is 42.5 Å². The van der Waals surface area contributed by atoms with Gasteiger partial charge in [0.05, 0.1) is 18.1 Å². The van der Waals surface area contributed by atoms with E-state index in [2.05, 4.69) is 60.6 Å². The van der Waals surface area contributed by atoms with Crippen molar-refractivity contribution in [2.24, 2.45) is 5.92 Å². The second-order valence-corrected chi connectivity index (χ2v) is 9.66. The summed E-state index contributed by atoms with van der Waals surface area (Å²) in [6.07, 6.45) is 7.63. The maximum absolute atomic E-state index is 5.40. The fourth-order valence-electron chi connectivity index (χ4n) is 5.07. The number of fused-ring (bicyclic) bond motifs is 1. The lowest BCUT2D eigenvalue weighted by Gasteiger charge is -2.22. The smallest absolute Gasteiger partial charge is 0.119 e. The van der Waals surface area contributed by atoms with E-state index in [4.69, 9.17) is 9.72 Å². The van der Waals surface area contributed by atoms with Gasteiger partial charge in [-0.05, 0) is 80.2 Å². The summed E-state index contributed by atoms with van der Waals surface area (Å²) in [7, 11) is 1.72. The molecule has 1 atom stereocenters. The molecule has 0 aliphatic carbocycles. The van der Waals surface area contributed by atoms with E-state index in [-0.39, 0.29) is 0 Å². The van der Waals surface area contributed by atoms with Crippen molar-refractivity contribution in [1.82, 2.24) is 14.5 Å². The van der Waals surface area contributed by atoms with Crippen LogP contribution < -0.4 is 4.74 Å². The molecule has 4 heteroatoms. The summed E-state index contributed by atoms with van der Waals surface area (Å²) in [6.45, 7) is 10.4. The van der Waals surface area contributed by atoms with Crippen molar-refractivity contribution in [2.75, 3.05) is 20.2 Å². The average molecular weight is 434 g/mol. The number of hydrogen-bond donors (Lipinski definition) is 0. The van der Waals surface area contributed by atoms with Gasteiger partial charge < -0.3 is 4.74 Å². The molecule has 0 N–H and O–H groups in total. The van der Waals surface area contributed by atoms with Crippen molar-refractivity contribution >= 4 is 11.0 Å². The number of methoxy groups -OCH3 is 1. The van der Waals surface area contributed by atoms with Gasteiger partial charge in [0.2, 0.25) is 0 Å². The van der Waals surface area contributed by atoms with E-state index in [1.807, 2.05) is 12.1 Å². The van der Waals surface area contributed by atoms with Gasteiger partial charge in [-0.15, -0.1) is 0 Å². The zero-order chi connectivity index (χ0) is 22.5. The predicted octanol–water partition coefficient (Wildman–Crippen LogP) is 6.95. The quantitative estimate of drug-likeness (QED) is 0.324. The molecule has 0 spiro atoms. The molecule has 2 heterocycles. The molecule has 4 rings (SSSR count). The van der Waals surface area contributed by atoms with Gasteiger partial charge in [-0.25, -0.2) is 4.98 Å². The van der Waals surface area contributed by atoms with E-state index < -0.39 is 0 Å². The Morgan fingerprint density at radius 3 is 2.41 bits per heavy atom. The molecule has 0 amide bonds. The van der Waals surface area contributed by atoms with E-state index in [0.29, 0.717) is 11.8 Å². The summed E-state index contributed by atoms with van der Waals surface area (Å²) in [5.41, 5.74) is 4.86. The highest BCUT2D eigenvalue weighted by Gasteiger charge is 2.24. The van der Waals surface area contributed by atoms with Crippen LogP contribution in [0, 0.1) is 5.92 Å². The van der Waals surface area contributed by atoms with Crippen molar-refractivity contribution in [1.29, 1.82) is 0 Å². The zero-order valence-corrected chi connectivity index (χ0v) is 20.3. The van der Waals surface area contributed by atoms with Crippen molar-refractivity contribution in [3.8, 4) is 11.4 Å². The van der Waals surface area contributed by atoms with Crippen LogP contribution in [0.4, 0.5) is 0 Å². The lowest BCUT2D eigenvalue weighted by Crippen LogP contribution is -2.18. The van der Waals surface area contributed by atoms with Gasteiger partial charge in [-0.2, -0.15) is 0 Å². The highest BCUT2D eigenvalue weighted by atomic mass is 16.5. The van der Waals surface area contributed by atoms with Gasteiger partial charge in [0.25, 0.3) is 0 Å². The highest BCUT2D eigenvalue weighted by Crippen LogP contribution is 2.35. The molecular weight excluding hydrogens is 394 g/mol. The summed E-state index contributed by atoms with van der Waals surface area (Å²) in [5.74, 6) is 3.08. The molecule has 3 aromatic rings. The molecular formula is C28H39N3O. The number of unbranched alkanes of at least 4 members (excludes halogenated alkanes) is 2. The zero-order valence-electron chi connectivity index (χ0n) is 20.3. The Bertz CT molecular complexity index is 999. The van der Waals surface area contributed by atoms with Crippen LogP contribution in [-0.4, -0.2) is 34.7 Å². The van der Waals surface area contributed by atoms with Gasteiger partial charge in [0.15, 0.2) is 0 Å². The minimum atomic E-state index is 0.443. The van der Waals surface area contributed by atoms with Crippen LogP contribution in [-0.2, 0) is 6.54 Å². The minimum absolute atomic E-state index is 0.443. The van der Waals surface area contributed by atoms with Crippen LogP contribution in [0.2, 0.25) is 0 Å². The number of imidazole rings is 1. The third-order valence-electron chi connectivity index (χ3n) is 6.94. The first-order valence-electron chi connectivity index (χ1n) is 12.5. The summed E-state index contributed by atoms with van der Waals surface area (Å²) in [6, 6.07) is 15.3. The maximum Gasteiger partial charge on any atom is 0.119 e. The van der Waals surface area contributed by atoms with E-state index in [9.17, 15) is 0 Å². The van der Waals surface area contributed by atoms with Gasteiger partial charge in [0, 0.05) is 18.2 Å².